The Labute approximate surface area is 101 Å². The van der Waals surface area contributed by atoms with E-state index in [1.54, 1.807) is 6.20 Å². The van der Waals surface area contributed by atoms with Crippen LogP contribution in [0.4, 0.5) is 5.82 Å². The zero-order valence-electron chi connectivity index (χ0n) is 10.3. The molecular weight excluding hydrogens is 212 g/mol. The minimum Gasteiger partial charge on any atom is -0.383 e. The van der Waals surface area contributed by atoms with Gasteiger partial charge in [0, 0.05) is 30.4 Å². The zero-order chi connectivity index (χ0) is 12.3. The Morgan fingerprint density at radius 3 is 2.94 bits per heavy atom. The second-order valence-electron chi connectivity index (χ2n) is 4.27. The molecule has 0 aliphatic rings. The predicted octanol–water partition coefficient (Wildman–Crippen LogP) is 2.42. The molecule has 0 saturated carbocycles. The number of hydrogen-bond acceptors (Lipinski definition) is 3. The number of aromatic nitrogens is 3. The molecular formula is C13H18N4. The molecule has 17 heavy (non-hydrogen) atoms. The number of pyridine rings is 1. The van der Waals surface area contributed by atoms with E-state index in [1.165, 1.54) is 0 Å². The molecule has 0 bridgehead atoms. The van der Waals surface area contributed by atoms with Crippen LogP contribution in [-0.4, -0.2) is 14.8 Å². The third kappa shape index (κ3) is 2.64. The molecule has 0 aromatic carbocycles. The van der Waals surface area contributed by atoms with E-state index in [1.807, 2.05) is 29.1 Å². The van der Waals surface area contributed by atoms with Crippen LogP contribution in [0.2, 0.25) is 0 Å². The molecule has 90 valence electrons. The van der Waals surface area contributed by atoms with Crippen molar-refractivity contribution in [3.8, 4) is 0 Å². The second-order valence-corrected chi connectivity index (χ2v) is 4.27. The lowest BCUT2D eigenvalue weighted by atomic mass is 10.1. The molecule has 4 nitrogen and oxygen atoms in total. The average molecular weight is 230 g/mol. The van der Waals surface area contributed by atoms with Gasteiger partial charge in [0.05, 0.1) is 5.69 Å². The highest BCUT2D eigenvalue weighted by molar-refractivity contribution is 5.40. The first-order valence-corrected chi connectivity index (χ1v) is 5.94. The first-order valence-electron chi connectivity index (χ1n) is 5.94. The van der Waals surface area contributed by atoms with Crippen LogP contribution in [0, 0.1) is 0 Å². The van der Waals surface area contributed by atoms with E-state index < -0.39 is 0 Å². The Balaban J connectivity index is 2.14. The summed E-state index contributed by atoms with van der Waals surface area (Å²) in [5.41, 5.74) is 7.88. The minimum absolute atomic E-state index is 0.440. The lowest BCUT2D eigenvalue weighted by Crippen LogP contribution is -2.05. The molecule has 2 heterocycles. The fraction of sp³-hybridized carbons (Fsp3) is 0.385. The molecule has 0 saturated heterocycles. The molecule has 2 aromatic rings. The standard InChI is InChI=1S/C13H18N4/c1-3-10(2)17-8-6-12(16-17)9-11-5-4-7-15-13(11)14/h4-8,10H,3,9H2,1-2H3,(H2,14,15). The molecule has 2 aromatic heterocycles. The number of rotatable bonds is 4. The number of nitrogens with two attached hydrogens (primary N) is 1. The van der Waals surface area contributed by atoms with E-state index in [0.717, 1.165) is 24.1 Å². The van der Waals surface area contributed by atoms with E-state index >= 15 is 0 Å². The molecule has 0 amide bonds. The molecule has 1 atom stereocenters. The van der Waals surface area contributed by atoms with Gasteiger partial charge in [0.25, 0.3) is 0 Å². The summed E-state index contributed by atoms with van der Waals surface area (Å²) in [6.45, 7) is 4.32. The molecule has 2 N–H and O–H groups in total. The highest BCUT2D eigenvalue weighted by atomic mass is 15.3. The summed E-state index contributed by atoms with van der Waals surface area (Å²) in [4.78, 5) is 4.08. The van der Waals surface area contributed by atoms with Gasteiger partial charge in [0.1, 0.15) is 5.82 Å². The maximum absolute atomic E-state index is 5.82. The quantitative estimate of drug-likeness (QED) is 0.877. The van der Waals surface area contributed by atoms with E-state index in [2.05, 4.69) is 23.9 Å². The third-order valence-electron chi connectivity index (χ3n) is 3.00. The van der Waals surface area contributed by atoms with E-state index in [4.69, 9.17) is 5.73 Å². The van der Waals surface area contributed by atoms with Crippen LogP contribution in [-0.2, 0) is 6.42 Å². The largest absolute Gasteiger partial charge is 0.383 e. The second kappa shape index (κ2) is 4.99. The highest BCUT2D eigenvalue weighted by Gasteiger charge is 2.07. The minimum atomic E-state index is 0.440. The smallest absolute Gasteiger partial charge is 0.126 e. The number of nitrogens with zero attached hydrogens (tertiary/aromatic N) is 3. The van der Waals surface area contributed by atoms with Crippen LogP contribution >= 0.6 is 0 Å². The lowest BCUT2D eigenvalue weighted by Gasteiger charge is -2.08. The van der Waals surface area contributed by atoms with Crippen LogP contribution in [0.3, 0.4) is 0 Å². The molecule has 2 rings (SSSR count). The van der Waals surface area contributed by atoms with E-state index in [0.29, 0.717) is 11.9 Å². The molecule has 0 aliphatic heterocycles. The summed E-state index contributed by atoms with van der Waals surface area (Å²) >= 11 is 0. The van der Waals surface area contributed by atoms with Gasteiger partial charge < -0.3 is 5.73 Å². The van der Waals surface area contributed by atoms with Gasteiger partial charge in [0.15, 0.2) is 0 Å². The first-order chi connectivity index (χ1) is 8.20. The van der Waals surface area contributed by atoms with Gasteiger partial charge >= 0.3 is 0 Å². The van der Waals surface area contributed by atoms with Crippen molar-refractivity contribution >= 4 is 5.82 Å². The van der Waals surface area contributed by atoms with Crippen molar-refractivity contribution in [1.82, 2.24) is 14.8 Å². The summed E-state index contributed by atoms with van der Waals surface area (Å²) in [5.74, 6) is 0.589. The third-order valence-corrected chi connectivity index (χ3v) is 3.00. The Hall–Kier alpha value is -1.84. The first kappa shape index (κ1) is 11.6. The number of hydrogen-bond donors (Lipinski definition) is 1. The van der Waals surface area contributed by atoms with Crippen molar-refractivity contribution in [3.63, 3.8) is 0 Å². The molecule has 0 radical (unpaired) electrons. The molecule has 0 spiro atoms. The predicted molar refractivity (Wildman–Crippen MR) is 68.7 cm³/mol. The summed E-state index contributed by atoms with van der Waals surface area (Å²) in [6, 6.07) is 6.37. The van der Waals surface area contributed by atoms with Crippen molar-refractivity contribution in [3.05, 3.63) is 41.9 Å². The molecule has 0 fully saturated rings. The van der Waals surface area contributed by atoms with Crippen LogP contribution in [0.15, 0.2) is 30.6 Å². The Morgan fingerprint density at radius 1 is 1.41 bits per heavy atom. The van der Waals surface area contributed by atoms with Gasteiger partial charge in [-0.3, -0.25) is 4.68 Å². The molecule has 0 aliphatic carbocycles. The van der Waals surface area contributed by atoms with Crippen LogP contribution in [0.1, 0.15) is 37.6 Å². The lowest BCUT2D eigenvalue weighted by molar-refractivity contribution is 0.474. The summed E-state index contributed by atoms with van der Waals surface area (Å²) < 4.78 is 2.00. The Bertz CT molecular complexity index is 490. The maximum atomic E-state index is 5.82. The normalized spacial score (nSPS) is 12.6. The van der Waals surface area contributed by atoms with Gasteiger partial charge in [-0.1, -0.05) is 13.0 Å². The Morgan fingerprint density at radius 2 is 2.24 bits per heavy atom. The van der Waals surface area contributed by atoms with Gasteiger partial charge in [-0.15, -0.1) is 0 Å². The van der Waals surface area contributed by atoms with E-state index in [9.17, 15) is 0 Å². The monoisotopic (exact) mass is 230 g/mol. The van der Waals surface area contributed by atoms with Crippen molar-refractivity contribution in [1.29, 1.82) is 0 Å². The Kier molecular flexibility index (Phi) is 3.42. The molecule has 4 heteroatoms. The zero-order valence-corrected chi connectivity index (χ0v) is 10.3. The maximum Gasteiger partial charge on any atom is 0.126 e. The van der Waals surface area contributed by atoms with Crippen LogP contribution in [0.25, 0.3) is 0 Å². The number of anilines is 1. The highest BCUT2D eigenvalue weighted by Crippen LogP contribution is 2.14. The summed E-state index contributed by atoms with van der Waals surface area (Å²) in [7, 11) is 0. The fourth-order valence-corrected chi connectivity index (χ4v) is 1.70. The van der Waals surface area contributed by atoms with Crippen LogP contribution < -0.4 is 5.73 Å². The van der Waals surface area contributed by atoms with Crippen molar-refractivity contribution < 1.29 is 0 Å². The average Bonchev–Trinajstić information content (AvgIpc) is 2.80. The van der Waals surface area contributed by atoms with Gasteiger partial charge in [0.2, 0.25) is 0 Å². The summed E-state index contributed by atoms with van der Waals surface area (Å²) in [5, 5.41) is 4.55. The van der Waals surface area contributed by atoms with E-state index in [-0.39, 0.29) is 0 Å². The fourth-order valence-electron chi connectivity index (χ4n) is 1.70. The van der Waals surface area contributed by atoms with Crippen molar-refractivity contribution in [2.45, 2.75) is 32.7 Å². The van der Waals surface area contributed by atoms with Gasteiger partial charge in [-0.25, -0.2) is 4.98 Å². The SMILES string of the molecule is CCC(C)n1ccc(Cc2cccnc2N)n1. The summed E-state index contributed by atoms with van der Waals surface area (Å²) in [6.07, 6.45) is 5.55. The van der Waals surface area contributed by atoms with Gasteiger partial charge in [-0.05, 0) is 25.5 Å². The topological polar surface area (TPSA) is 56.7 Å². The van der Waals surface area contributed by atoms with Crippen molar-refractivity contribution in [2.75, 3.05) is 5.73 Å². The molecule has 1 unspecified atom stereocenters. The van der Waals surface area contributed by atoms with Crippen LogP contribution in [0.5, 0.6) is 0 Å². The number of nitrogen functional groups attached to an aromatic ring is 1. The van der Waals surface area contributed by atoms with Gasteiger partial charge in [-0.2, -0.15) is 5.10 Å². The van der Waals surface area contributed by atoms with Crippen molar-refractivity contribution in [2.24, 2.45) is 0 Å².